The molecule has 114 valence electrons. The molecule has 1 heterocycles. The second kappa shape index (κ2) is 5.97. The normalized spacial score (nSPS) is 25.6. The van der Waals surface area contributed by atoms with Crippen LogP contribution < -0.4 is 11.3 Å². The average molecular weight is 292 g/mol. The molecule has 1 saturated carbocycles. The van der Waals surface area contributed by atoms with Crippen molar-refractivity contribution in [2.45, 2.75) is 38.0 Å². The lowest BCUT2D eigenvalue weighted by Crippen LogP contribution is -2.47. The van der Waals surface area contributed by atoms with Crippen molar-refractivity contribution in [3.05, 3.63) is 33.9 Å². The topological polar surface area (TPSA) is 93.7 Å². The van der Waals surface area contributed by atoms with Crippen LogP contribution in [0.1, 0.15) is 24.8 Å². The number of nitrogens with zero attached hydrogens (tertiary/aromatic N) is 2. The number of nitro benzene ring substituents is 1. The molecule has 2 unspecified atom stereocenters. The number of hydrogen-bond acceptors (Lipinski definition) is 6. The maximum Gasteiger partial charge on any atom is 0.269 e. The van der Waals surface area contributed by atoms with Gasteiger partial charge in [0.2, 0.25) is 0 Å². The van der Waals surface area contributed by atoms with E-state index in [0.29, 0.717) is 18.7 Å². The van der Waals surface area contributed by atoms with E-state index in [1.807, 2.05) is 0 Å². The molecule has 0 amide bonds. The third kappa shape index (κ3) is 2.85. The van der Waals surface area contributed by atoms with Crippen molar-refractivity contribution in [1.29, 1.82) is 0 Å². The third-order valence-corrected chi connectivity index (χ3v) is 4.43. The average Bonchev–Trinajstić information content (AvgIpc) is 2.96. The van der Waals surface area contributed by atoms with Gasteiger partial charge in [0.25, 0.3) is 5.69 Å². The van der Waals surface area contributed by atoms with Gasteiger partial charge in [-0.3, -0.25) is 20.9 Å². The quantitative estimate of drug-likeness (QED) is 0.498. The molecule has 2 atom stereocenters. The molecular weight excluding hydrogens is 272 g/mol. The summed E-state index contributed by atoms with van der Waals surface area (Å²) in [6.45, 7) is 2.24. The van der Waals surface area contributed by atoms with E-state index in [-0.39, 0.29) is 10.6 Å². The maximum atomic E-state index is 10.9. The van der Waals surface area contributed by atoms with Crippen LogP contribution in [0.3, 0.4) is 0 Å². The molecule has 7 nitrogen and oxygen atoms in total. The zero-order valence-electron chi connectivity index (χ0n) is 11.8. The van der Waals surface area contributed by atoms with Crippen LogP contribution in [0.25, 0.3) is 0 Å². The monoisotopic (exact) mass is 292 g/mol. The molecule has 21 heavy (non-hydrogen) atoms. The van der Waals surface area contributed by atoms with Crippen molar-refractivity contribution in [3.8, 4) is 0 Å². The molecule has 2 aliphatic rings. The van der Waals surface area contributed by atoms with Gasteiger partial charge in [0.15, 0.2) is 0 Å². The van der Waals surface area contributed by atoms with Gasteiger partial charge in [-0.1, -0.05) is 0 Å². The number of benzene rings is 1. The Morgan fingerprint density at radius 1 is 1.48 bits per heavy atom. The zero-order valence-corrected chi connectivity index (χ0v) is 11.8. The first-order chi connectivity index (χ1) is 10.2. The summed E-state index contributed by atoms with van der Waals surface area (Å²) in [6.07, 6.45) is 3.73. The van der Waals surface area contributed by atoms with E-state index >= 15 is 0 Å². The summed E-state index contributed by atoms with van der Waals surface area (Å²) in [7, 11) is 0. The molecule has 1 aromatic carbocycles. The van der Waals surface area contributed by atoms with E-state index < -0.39 is 0 Å². The number of nitrogens with one attached hydrogen (secondary N) is 1. The van der Waals surface area contributed by atoms with Crippen LogP contribution in [-0.4, -0.2) is 35.1 Å². The highest BCUT2D eigenvalue weighted by molar-refractivity contribution is 5.55. The van der Waals surface area contributed by atoms with Gasteiger partial charge in [0.1, 0.15) is 0 Å². The van der Waals surface area contributed by atoms with Gasteiger partial charge in [-0.2, -0.15) is 0 Å². The molecule has 7 heteroatoms. The lowest BCUT2D eigenvalue weighted by molar-refractivity contribution is -0.384. The van der Waals surface area contributed by atoms with E-state index in [1.54, 1.807) is 12.1 Å². The second-order valence-corrected chi connectivity index (χ2v) is 5.62. The Morgan fingerprint density at radius 3 is 3.10 bits per heavy atom. The molecule has 3 rings (SSSR count). The lowest BCUT2D eigenvalue weighted by atomic mass is 10.1. The largest absolute Gasteiger partial charge is 0.375 e. The number of morpholine rings is 1. The molecule has 3 N–H and O–H groups in total. The van der Waals surface area contributed by atoms with Gasteiger partial charge in [0, 0.05) is 31.3 Å². The first-order valence-electron chi connectivity index (χ1n) is 7.28. The Kier molecular flexibility index (Phi) is 4.05. The van der Waals surface area contributed by atoms with Crippen LogP contribution in [0.2, 0.25) is 0 Å². The van der Waals surface area contributed by atoms with E-state index in [2.05, 4.69) is 10.3 Å². The minimum atomic E-state index is -0.374. The molecule has 1 aromatic rings. The molecular formula is C14H20N4O3. The van der Waals surface area contributed by atoms with Crippen molar-refractivity contribution in [3.63, 3.8) is 0 Å². The summed E-state index contributed by atoms with van der Waals surface area (Å²) in [6, 6.07) is 5.16. The Balaban J connectivity index is 1.82. The summed E-state index contributed by atoms with van der Waals surface area (Å²) in [5.41, 5.74) is 4.33. The Bertz CT molecular complexity index is 537. The molecule has 1 aliphatic heterocycles. The van der Waals surface area contributed by atoms with Gasteiger partial charge in [0.05, 0.1) is 23.3 Å². The van der Waals surface area contributed by atoms with Crippen molar-refractivity contribution in [2.24, 2.45) is 5.84 Å². The van der Waals surface area contributed by atoms with Crippen molar-refractivity contribution < 1.29 is 9.66 Å². The van der Waals surface area contributed by atoms with Gasteiger partial charge >= 0.3 is 0 Å². The minimum absolute atomic E-state index is 0.0974. The Morgan fingerprint density at radius 2 is 2.33 bits per heavy atom. The van der Waals surface area contributed by atoms with Crippen LogP contribution in [0.4, 0.5) is 11.4 Å². The summed E-state index contributed by atoms with van der Waals surface area (Å²) in [5, 5.41) is 10.9. The fourth-order valence-corrected chi connectivity index (χ4v) is 3.39. The molecule has 1 saturated heterocycles. The first kappa shape index (κ1) is 14.2. The van der Waals surface area contributed by atoms with Crippen LogP contribution in [-0.2, 0) is 11.3 Å². The molecule has 2 fully saturated rings. The van der Waals surface area contributed by atoms with E-state index in [0.717, 1.165) is 37.2 Å². The summed E-state index contributed by atoms with van der Waals surface area (Å²) >= 11 is 0. The zero-order chi connectivity index (χ0) is 14.8. The summed E-state index contributed by atoms with van der Waals surface area (Å²) in [5.74, 6) is 5.53. The fraction of sp³-hybridized carbons (Fsp3) is 0.571. The predicted molar refractivity (Wildman–Crippen MR) is 78.7 cm³/mol. The number of hydrazine groups is 1. The molecule has 0 bridgehead atoms. The second-order valence-electron chi connectivity index (χ2n) is 5.62. The van der Waals surface area contributed by atoms with Crippen LogP contribution in [0, 0.1) is 10.1 Å². The molecule has 0 aromatic heterocycles. The standard InChI is InChI=1S/C14H20N4O3/c15-16-12-5-4-11(18(19)20)8-10(12)9-17-6-7-21-14-3-1-2-13(14)17/h4-5,8,13-14,16H,1-3,6-7,9,15H2. The van der Waals surface area contributed by atoms with Gasteiger partial charge < -0.3 is 10.2 Å². The summed E-state index contributed by atoms with van der Waals surface area (Å²) in [4.78, 5) is 12.9. The van der Waals surface area contributed by atoms with Gasteiger partial charge in [-0.05, 0) is 30.9 Å². The summed E-state index contributed by atoms with van der Waals surface area (Å²) < 4.78 is 5.80. The van der Waals surface area contributed by atoms with Crippen LogP contribution in [0.15, 0.2) is 18.2 Å². The number of hydrogen-bond donors (Lipinski definition) is 2. The van der Waals surface area contributed by atoms with E-state index in [4.69, 9.17) is 10.6 Å². The van der Waals surface area contributed by atoms with Crippen molar-refractivity contribution in [2.75, 3.05) is 18.6 Å². The van der Waals surface area contributed by atoms with Gasteiger partial charge in [-0.15, -0.1) is 0 Å². The lowest BCUT2D eigenvalue weighted by Gasteiger charge is -2.37. The highest BCUT2D eigenvalue weighted by Gasteiger charge is 2.36. The molecule has 0 radical (unpaired) electrons. The van der Waals surface area contributed by atoms with Crippen molar-refractivity contribution >= 4 is 11.4 Å². The van der Waals surface area contributed by atoms with Crippen LogP contribution in [0.5, 0.6) is 0 Å². The number of ether oxygens (including phenoxy) is 1. The third-order valence-electron chi connectivity index (χ3n) is 4.43. The first-order valence-corrected chi connectivity index (χ1v) is 7.28. The number of anilines is 1. The van der Waals surface area contributed by atoms with Crippen molar-refractivity contribution in [1.82, 2.24) is 4.90 Å². The smallest absolute Gasteiger partial charge is 0.269 e. The number of fused-ring (bicyclic) bond motifs is 1. The Hall–Kier alpha value is -1.70. The van der Waals surface area contributed by atoms with Gasteiger partial charge in [-0.25, -0.2) is 0 Å². The number of nitro groups is 1. The fourth-order valence-electron chi connectivity index (χ4n) is 3.39. The number of nitrogen functional groups attached to an aromatic ring is 1. The SMILES string of the molecule is NNc1ccc([N+](=O)[O-])cc1CN1CCOC2CCCC21. The highest BCUT2D eigenvalue weighted by atomic mass is 16.6. The maximum absolute atomic E-state index is 10.9. The number of nitrogens with two attached hydrogens (primary N) is 1. The minimum Gasteiger partial charge on any atom is -0.375 e. The van der Waals surface area contributed by atoms with Crippen LogP contribution >= 0.6 is 0 Å². The van der Waals surface area contributed by atoms with E-state index in [9.17, 15) is 10.1 Å². The number of non-ortho nitro benzene ring substituents is 1. The Labute approximate surface area is 123 Å². The molecule has 0 spiro atoms. The number of rotatable bonds is 4. The highest BCUT2D eigenvalue weighted by Crippen LogP contribution is 2.32. The predicted octanol–water partition coefficient (Wildman–Crippen LogP) is 1.63. The van der Waals surface area contributed by atoms with E-state index in [1.165, 1.54) is 12.5 Å². The molecule has 1 aliphatic carbocycles.